The fourth-order valence-electron chi connectivity index (χ4n) is 2.10. The molecular formula is C17H11ClIN3O4. The van der Waals surface area contributed by atoms with E-state index in [2.05, 4.69) is 5.32 Å². The molecule has 0 spiro atoms. The summed E-state index contributed by atoms with van der Waals surface area (Å²) in [4.78, 5) is 22.6. The van der Waals surface area contributed by atoms with Crippen molar-refractivity contribution in [2.45, 2.75) is 6.92 Å². The van der Waals surface area contributed by atoms with Crippen LogP contribution in [0.4, 0.5) is 11.4 Å². The summed E-state index contributed by atoms with van der Waals surface area (Å²) < 4.78 is 0.231. The summed E-state index contributed by atoms with van der Waals surface area (Å²) in [5.74, 6) is -1.13. The first-order valence-electron chi connectivity index (χ1n) is 7.09. The van der Waals surface area contributed by atoms with Gasteiger partial charge in [-0.3, -0.25) is 14.9 Å². The van der Waals surface area contributed by atoms with Gasteiger partial charge in [-0.25, -0.2) is 0 Å². The molecule has 0 atom stereocenters. The van der Waals surface area contributed by atoms with E-state index in [1.165, 1.54) is 12.1 Å². The summed E-state index contributed by atoms with van der Waals surface area (Å²) in [6, 6.07) is 9.18. The molecule has 0 fully saturated rings. The van der Waals surface area contributed by atoms with Crippen molar-refractivity contribution in [2.75, 3.05) is 5.32 Å². The Morgan fingerprint density at radius 3 is 2.69 bits per heavy atom. The number of rotatable bonds is 4. The molecule has 9 heteroatoms. The molecule has 0 radical (unpaired) electrons. The summed E-state index contributed by atoms with van der Waals surface area (Å²) in [6.07, 6.45) is 1.22. The average Bonchev–Trinajstić information content (AvgIpc) is 2.57. The number of nitrogens with one attached hydrogen (secondary N) is 1. The molecule has 2 aromatic rings. The van der Waals surface area contributed by atoms with Gasteiger partial charge < -0.3 is 10.4 Å². The predicted molar refractivity (Wildman–Crippen MR) is 106 cm³/mol. The lowest BCUT2D eigenvalue weighted by molar-refractivity contribution is -0.386. The summed E-state index contributed by atoms with van der Waals surface area (Å²) >= 11 is 7.60. The van der Waals surface area contributed by atoms with Crippen molar-refractivity contribution >= 4 is 57.5 Å². The Labute approximate surface area is 167 Å². The van der Waals surface area contributed by atoms with Crippen LogP contribution in [-0.4, -0.2) is 15.9 Å². The van der Waals surface area contributed by atoms with Gasteiger partial charge in [-0.05, 0) is 71.0 Å². The number of halogens is 2. The minimum atomic E-state index is -0.738. The number of nitrogens with zero attached hydrogens (tertiary/aromatic N) is 2. The van der Waals surface area contributed by atoms with Crippen LogP contribution in [0.15, 0.2) is 35.9 Å². The van der Waals surface area contributed by atoms with Gasteiger partial charge in [-0.15, -0.1) is 0 Å². The predicted octanol–water partition coefficient (Wildman–Crippen LogP) is 4.41. The number of carbonyl (C=O) groups is 1. The van der Waals surface area contributed by atoms with Crippen LogP contribution in [0.2, 0.25) is 5.02 Å². The van der Waals surface area contributed by atoms with Gasteiger partial charge in [0.2, 0.25) is 5.75 Å². The van der Waals surface area contributed by atoms with Crippen LogP contribution in [0.1, 0.15) is 11.1 Å². The smallest absolute Gasteiger partial charge is 0.312 e. The van der Waals surface area contributed by atoms with Gasteiger partial charge in [0.25, 0.3) is 5.91 Å². The fourth-order valence-corrected chi connectivity index (χ4v) is 2.96. The zero-order valence-corrected chi connectivity index (χ0v) is 16.2. The maximum Gasteiger partial charge on any atom is 0.312 e. The van der Waals surface area contributed by atoms with Gasteiger partial charge in [0.1, 0.15) is 11.6 Å². The van der Waals surface area contributed by atoms with Crippen molar-refractivity contribution in [3.8, 4) is 11.8 Å². The third-order valence-corrected chi connectivity index (χ3v) is 4.43. The molecule has 0 bridgehead atoms. The van der Waals surface area contributed by atoms with Crippen molar-refractivity contribution in [1.29, 1.82) is 5.26 Å². The highest BCUT2D eigenvalue weighted by molar-refractivity contribution is 14.1. The highest BCUT2D eigenvalue weighted by Crippen LogP contribution is 2.33. The maximum absolute atomic E-state index is 12.3. The number of anilines is 1. The van der Waals surface area contributed by atoms with E-state index in [1.807, 2.05) is 0 Å². The lowest BCUT2D eigenvalue weighted by Gasteiger charge is -2.08. The van der Waals surface area contributed by atoms with Gasteiger partial charge in [-0.1, -0.05) is 11.6 Å². The molecule has 0 aliphatic carbocycles. The van der Waals surface area contributed by atoms with Crippen LogP contribution in [0, 0.1) is 31.9 Å². The van der Waals surface area contributed by atoms with Gasteiger partial charge in [0.05, 0.1) is 8.49 Å². The number of hydrogen-bond donors (Lipinski definition) is 2. The Bertz CT molecular complexity index is 983. The second-order valence-electron chi connectivity index (χ2n) is 5.21. The molecular weight excluding hydrogens is 473 g/mol. The van der Waals surface area contributed by atoms with E-state index in [1.54, 1.807) is 53.8 Å². The second kappa shape index (κ2) is 8.16. The summed E-state index contributed by atoms with van der Waals surface area (Å²) in [5.41, 5.74) is 0.715. The molecule has 0 unspecified atom stereocenters. The average molecular weight is 484 g/mol. The topological polar surface area (TPSA) is 116 Å². The Morgan fingerprint density at radius 1 is 1.42 bits per heavy atom. The molecule has 0 aliphatic rings. The van der Waals surface area contributed by atoms with Gasteiger partial charge in [-0.2, -0.15) is 5.26 Å². The quantitative estimate of drug-likeness (QED) is 0.220. The number of carbonyl (C=O) groups excluding carboxylic acids is 1. The third kappa shape index (κ3) is 4.50. The van der Waals surface area contributed by atoms with Crippen LogP contribution in [-0.2, 0) is 4.79 Å². The minimum Gasteiger partial charge on any atom is -0.501 e. The summed E-state index contributed by atoms with van der Waals surface area (Å²) in [7, 11) is 0. The SMILES string of the molecule is Cc1cc(Cl)ccc1NC(=O)/C(C#N)=C/c1cc(I)c(O)c([N+](=O)[O-])c1. The molecule has 132 valence electrons. The van der Waals surface area contributed by atoms with E-state index >= 15 is 0 Å². The van der Waals surface area contributed by atoms with Crippen molar-refractivity contribution in [3.63, 3.8) is 0 Å². The van der Waals surface area contributed by atoms with Crippen molar-refractivity contribution in [3.05, 3.63) is 65.7 Å². The molecule has 2 aromatic carbocycles. The van der Waals surface area contributed by atoms with E-state index in [-0.39, 0.29) is 14.7 Å². The van der Waals surface area contributed by atoms with Gasteiger partial charge >= 0.3 is 5.69 Å². The molecule has 2 rings (SSSR count). The first-order valence-corrected chi connectivity index (χ1v) is 8.54. The van der Waals surface area contributed by atoms with Crippen LogP contribution in [0.5, 0.6) is 5.75 Å². The largest absolute Gasteiger partial charge is 0.501 e. The summed E-state index contributed by atoms with van der Waals surface area (Å²) in [5, 5.41) is 33.1. The normalized spacial score (nSPS) is 10.9. The zero-order chi connectivity index (χ0) is 19.4. The molecule has 0 aliphatic heterocycles. The number of phenolic OH excluding ortho intramolecular Hbond substituents is 1. The second-order valence-corrected chi connectivity index (χ2v) is 6.81. The molecule has 0 saturated heterocycles. The van der Waals surface area contributed by atoms with Crippen molar-refractivity contribution in [2.24, 2.45) is 0 Å². The standard InChI is InChI=1S/C17H11ClIN3O4/c1-9-4-12(18)2-3-14(9)21-17(24)11(8-20)5-10-6-13(19)16(23)15(7-10)22(25)26/h2-7,23H,1H3,(H,21,24)/b11-5+. The van der Waals surface area contributed by atoms with Gasteiger partial charge in [0.15, 0.2) is 0 Å². The van der Waals surface area contributed by atoms with E-state index in [9.17, 15) is 25.3 Å². The highest BCUT2D eigenvalue weighted by atomic mass is 127. The van der Waals surface area contributed by atoms with E-state index in [4.69, 9.17) is 11.6 Å². The van der Waals surface area contributed by atoms with Crippen LogP contribution in [0.25, 0.3) is 6.08 Å². The maximum atomic E-state index is 12.3. The highest BCUT2D eigenvalue weighted by Gasteiger charge is 2.18. The molecule has 1 amide bonds. The molecule has 26 heavy (non-hydrogen) atoms. The lowest BCUT2D eigenvalue weighted by Crippen LogP contribution is -2.14. The number of phenols is 1. The number of aryl methyl sites for hydroxylation is 1. The Hall–Kier alpha value is -2.64. The van der Waals surface area contributed by atoms with E-state index < -0.39 is 22.3 Å². The number of aromatic hydroxyl groups is 1. The Morgan fingerprint density at radius 2 is 2.12 bits per heavy atom. The molecule has 0 aromatic heterocycles. The number of nitro benzene ring substituents is 1. The third-order valence-electron chi connectivity index (χ3n) is 3.38. The van der Waals surface area contributed by atoms with Crippen molar-refractivity contribution in [1.82, 2.24) is 0 Å². The zero-order valence-electron chi connectivity index (χ0n) is 13.3. The first kappa shape index (κ1) is 19.7. The lowest BCUT2D eigenvalue weighted by atomic mass is 10.1. The number of benzene rings is 2. The van der Waals surface area contributed by atoms with Crippen molar-refractivity contribution < 1.29 is 14.8 Å². The number of nitriles is 1. The monoisotopic (exact) mass is 483 g/mol. The van der Waals surface area contributed by atoms with E-state index in [0.717, 1.165) is 11.6 Å². The number of nitro groups is 1. The number of amides is 1. The fraction of sp³-hybridized carbons (Fsp3) is 0.0588. The Kier molecular flexibility index (Phi) is 6.18. The molecule has 7 nitrogen and oxygen atoms in total. The van der Waals surface area contributed by atoms with Crippen LogP contribution >= 0.6 is 34.2 Å². The van der Waals surface area contributed by atoms with E-state index in [0.29, 0.717) is 10.7 Å². The summed E-state index contributed by atoms with van der Waals surface area (Å²) in [6.45, 7) is 1.75. The molecule has 0 saturated carbocycles. The molecule has 0 heterocycles. The van der Waals surface area contributed by atoms with Crippen LogP contribution < -0.4 is 5.32 Å². The number of hydrogen-bond acceptors (Lipinski definition) is 5. The first-order chi connectivity index (χ1) is 12.2. The van der Waals surface area contributed by atoms with Crippen LogP contribution in [0.3, 0.4) is 0 Å². The molecule has 2 N–H and O–H groups in total. The van der Waals surface area contributed by atoms with Gasteiger partial charge in [0, 0.05) is 16.8 Å². The minimum absolute atomic E-state index is 0.231. The Balaban J connectivity index is 2.37.